The molecule has 35 heavy (non-hydrogen) atoms. The smallest absolute Gasteiger partial charge is 0.407 e. The summed E-state index contributed by atoms with van der Waals surface area (Å²) >= 11 is 0. The maximum atomic E-state index is 11.8. The van der Waals surface area contributed by atoms with Crippen LogP contribution < -0.4 is 10.6 Å². The Balaban J connectivity index is 1.38. The Labute approximate surface area is 211 Å². The lowest BCUT2D eigenvalue weighted by atomic mass is 9.79. The highest BCUT2D eigenvalue weighted by Crippen LogP contribution is 2.38. The average Bonchev–Trinajstić information content (AvgIpc) is 3.38. The molecule has 1 amide bonds. The van der Waals surface area contributed by atoms with Crippen LogP contribution in [0, 0.1) is 0 Å². The van der Waals surface area contributed by atoms with Gasteiger partial charge in [-0.1, -0.05) is 87.1 Å². The molecule has 188 valence electrons. The molecule has 2 aliphatic carbocycles. The molecule has 1 saturated heterocycles. The topological polar surface area (TPSA) is 50.4 Å². The van der Waals surface area contributed by atoms with Gasteiger partial charge in [-0.2, -0.15) is 0 Å². The van der Waals surface area contributed by atoms with Crippen LogP contribution in [0.5, 0.6) is 0 Å². The number of benzene rings is 2. The molecule has 2 aromatic carbocycles. The van der Waals surface area contributed by atoms with Crippen molar-refractivity contribution in [2.75, 3.05) is 13.7 Å². The van der Waals surface area contributed by atoms with Crippen LogP contribution in [0.1, 0.15) is 111 Å². The molecule has 2 saturated carbocycles. The molecule has 4 nitrogen and oxygen atoms in total. The van der Waals surface area contributed by atoms with Crippen LogP contribution in [-0.2, 0) is 4.74 Å². The van der Waals surface area contributed by atoms with E-state index < -0.39 is 0 Å². The van der Waals surface area contributed by atoms with Crippen molar-refractivity contribution in [1.29, 1.82) is 0 Å². The molecule has 2 aromatic rings. The number of methoxy groups -OCH3 is 1. The van der Waals surface area contributed by atoms with Gasteiger partial charge in [0.15, 0.2) is 0 Å². The molecule has 0 spiro atoms. The van der Waals surface area contributed by atoms with E-state index in [-0.39, 0.29) is 24.1 Å². The Morgan fingerprint density at radius 2 is 1.29 bits per heavy atom. The van der Waals surface area contributed by atoms with Gasteiger partial charge in [-0.25, -0.2) is 4.79 Å². The molecule has 0 radical (unpaired) electrons. The van der Waals surface area contributed by atoms with E-state index >= 15 is 0 Å². The quantitative estimate of drug-likeness (QED) is 0.474. The normalized spacial score (nSPS) is 23.9. The molecule has 3 aliphatic rings. The van der Waals surface area contributed by atoms with Crippen molar-refractivity contribution < 1.29 is 9.53 Å². The van der Waals surface area contributed by atoms with Crippen molar-refractivity contribution in [2.24, 2.45) is 0 Å². The Kier molecular flexibility index (Phi) is 8.08. The Morgan fingerprint density at radius 3 is 1.74 bits per heavy atom. The SMILES string of the molecule is COC(=O)N[C@H]1CN[C@@H](C(c2ccc(C3CCCCC3)cc2)c2ccc(C3CCCCC3)cc2)C1. The van der Waals surface area contributed by atoms with E-state index in [0.717, 1.165) is 24.8 Å². The van der Waals surface area contributed by atoms with Crippen molar-refractivity contribution >= 4 is 6.09 Å². The minimum atomic E-state index is -0.345. The Bertz CT molecular complexity index is 881. The molecule has 2 N–H and O–H groups in total. The molecular weight excluding hydrogens is 432 g/mol. The zero-order valence-electron chi connectivity index (χ0n) is 21.3. The van der Waals surface area contributed by atoms with Crippen LogP contribution in [0.15, 0.2) is 48.5 Å². The summed E-state index contributed by atoms with van der Waals surface area (Å²) in [5, 5.41) is 6.72. The first kappa shape index (κ1) is 24.4. The second-order valence-electron chi connectivity index (χ2n) is 11.1. The third kappa shape index (κ3) is 5.91. The standard InChI is InChI=1S/C31H42N2O2/c1-35-31(34)33-28-20-29(32-21-28)30(26-16-12-24(13-17-26)22-8-4-2-5-9-22)27-18-14-25(15-19-27)23-10-6-3-7-11-23/h12-19,22-23,28-30,32H,2-11,20-21H2,1H3,(H,33,34)/t28-,29-/m1/s1. The van der Waals surface area contributed by atoms with Gasteiger partial charge in [-0.15, -0.1) is 0 Å². The predicted octanol–water partition coefficient (Wildman–Crippen LogP) is 7.00. The van der Waals surface area contributed by atoms with Crippen LogP contribution in [0.2, 0.25) is 0 Å². The van der Waals surface area contributed by atoms with Crippen LogP contribution in [0.25, 0.3) is 0 Å². The zero-order chi connectivity index (χ0) is 24.0. The molecule has 1 aliphatic heterocycles. The average molecular weight is 475 g/mol. The predicted molar refractivity (Wildman–Crippen MR) is 142 cm³/mol. The highest BCUT2D eigenvalue weighted by molar-refractivity contribution is 5.67. The third-order valence-electron chi connectivity index (χ3n) is 8.82. The summed E-state index contributed by atoms with van der Waals surface area (Å²) in [4.78, 5) is 11.8. The summed E-state index contributed by atoms with van der Waals surface area (Å²) in [5.41, 5.74) is 5.74. The van der Waals surface area contributed by atoms with Crippen LogP contribution in [0.4, 0.5) is 4.79 Å². The van der Waals surface area contributed by atoms with Gasteiger partial charge in [0.25, 0.3) is 0 Å². The van der Waals surface area contributed by atoms with E-state index in [1.807, 2.05) is 0 Å². The van der Waals surface area contributed by atoms with Gasteiger partial charge in [-0.05, 0) is 66.2 Å². The van der Waals surface area contributed by atoms with Gasteiger partial charge >= 0.3 is 6.09 Å². The van der Waals surface area contributed by atoms with Crippen molar-refractivity contribution in [3.63, 3.8) is 0 Å². The number of carbonyl (C=O) groups is 1. The summed E-state index contributed by atoms with van der Waals surface area (Å²) in [7, 11) is 1.43. The first-order valence-corrected chi connectivity index (χ1v) is 14.0. The van der Waals surface area contributed by atoms with Gasteiger partial charge in [0.2, 0.25) is 0 Å². The lowest BCUT2D eigenvalue weighted by molar-refractivity contribution is 0.167. The second-order valence-corrected chi connectivity index (χ2v) is 11.1. The summed E-state index contributed by atoms with van der Waals surface area (Å²) in [5.74, 6) is 1.72. The van der Waals surface area contributed by atoms with Crippen LogP contribution in [0.3, 0.4) is 0 Å². The molecule has 0 unspecified atom stereocenters. The first-order valence-electron chi connectivity index (χ1n) is 14.0. The van der Waals surface area contributed by atoms with E-state index in [9.17, 15) is 4.79 Å². The second kappa shape index (κ2) is 11.6. The maximum Gasteiger partial charge on any atom is 0.407 e. The van der Waals surface area contributed by atoms with Crippen molar-refractivity contribution in [3.8, 4) is 0 Å². The van der Waals surface area contributed by atoms with E-state index in [4.69, 9.17) is 4.74 Å². The summed E-state index contributed by atoms with van der Waals surface area (Å²) in [6.45, 7) is 0.774. The van der Waals surface area contributed by atoms with Gasteiger partial charge < -0.3 is 15.4 Å². The Hall–Kier alpha value is -2.33. The lowest BCUT2D eigenvalue weighted by Crippen LogP contribution is -2.35. The maximum absolute atomic E-state index is 11.8. The number of rotatable bonds is 6. The van der Waals surface area contributed by atoms with Gasteiger partial charge in [0.1, 0.15) is 0 Å². The van der Waals surface area contributed by atoms with Crippen molar-refractivity contribution in [1.82, 2.24) is 10.6 Å². The van der Waals surface area contributed by atoms with Crippen LogP contribution >= 0.6 is 0 Å². The van der Waals surface area contributed by atoms with E-state index in [2.05, 4.69) is 59.2 Å². The monoisotopic (exact) mass is 474 g/mol. The summed E-state index contributed by atoms with van der Waals surface area (Å²) in [6.07, 6.45) is 14.1. The number of hydrogen-bond acceptors (Lipinski definition) is 3. The van der Waals surface area contributed by atoms with E-state index in [1.165, 1.54) is 93.6 Å². The number of amides is 1. The number of nitrogens with one attached hydrogen (secondary N) is 2. The van der Waals surface area contributed by atoms with Gasteiger partial charge in [-0.3, -0.25) is 0 Å². The largest absolute Gasteiger partial charge is 0.453 e. The fourth-order valence-corrected chi connectivity index (χ4v) is 6.84. The van der Waals surface area contributed by atoms with Crippen LogP contribution in [-0.4, -0.2) is 31.8 Å². The summed E-state index contributed by atoms with van der Waals surface area (Å²) in [6, 6.07) is 19.4. The number of ether oxygens (including phenoxy) is 1. The van der Waals surface area contributed by atoms with E-state index in [1.54, 1.807) is 0 Å². The molecular formula is C31H42N2O2. The molecule has 4 heteroatoms. The Morgan fingerprint density at radius 1 is 0.800 bits per heavy atom. The minimum Gasteiger partial charge on any atom is -0.453 e. The number of hydrogen-bond donors (Lipinski definition) is 2. The molecule has 0 bridgehead atoms. The lowest BCUT2D eigenvalue weighted by Gasteiger charge is -2.28. The number of alkyl carbamates (subject to hydrolysis) is 1. The molecule has 3 fully saturated rings. The number of carbonyl (C=O) groups excluding carboxylic acids is 1. The zero-order valence-corrected chi connectivity index (χ0v) is 21.3. The summed E-state index contributed by atoms with van der Waals surface area (Å²) < 4.78 is 4.84. The third-order valence-corrected chi connectivity index (χ3v) is 8.82. The van der Waals surface area contributed by atoms with Crippen molar-refractivity contribution in [2.45, 2.75) is 100 Å². The fraction of sp³-hybridized carbons (Fsp3) is 0.581. The molecule has 2 atom stereocenters. The highest BCUT2D eigenvalue weighted by atomic mass is 16.5. The van der Waals surface area contributed by atoms with Gasteiger partial charge in [0, 0.05) is 24.5 Å². The van der Waals surface area contributed by atoms with Crippen molar-refractivity contribution in [3.05, 3.63) is 70.8 Å². The van der Waals surface area contributed by atoms with Gasteiger partial charge in [0.05, 0.1) is 7.11 Å². The molecule has 0 aromatic heterocycles. The fourth-order valence-electron chi connectivity index (χ4n) is 6.84. The minimum absolute atomic E-state index is 0.0953. The first-order chi connectivity index (χ1) is 17.2. The van der Waals surface area contributed by atoms with E-state index in [0.29, 0.717) is 0 Å². The highest BCUT2D eigenvalue weighted by Gasteiger charge is 2.33. The molecule has 1 heterocycles. The molecule has 5 rings (SSSR count).